The van der Waals surface area contributed by atoms with E-state index in [1.54, 1.807) is 6.07 Å². The molecule has 0 aliphatic carbocycles. The van der Waals surface area contributed by atoms with Gasteiger partial charge in [-0.05, 0) is 48.6 Å². The largest absolute Gasteiger partial charge is 0.501 e. The average Bonchev–Trinajstić information content (AvgIpc) is 3.25. The van der Waals surface area contributed by atoms with Gasteiger partial charge in [0.2, 0.25) is 5.95 Å². The zero-order valence-corrected chi connectivity index (χ0v) is 14.8. The van der Waals surface area contributed by atoms with Crippen LogP contribution < -0.4 is 5.32 Å². The van der Waals surface area contributed by atoms with Crippen LogP contribution in [-0.4, -0.2) is 31.0 Å². The second kappa shape index (κ2) is 6.27. The second-order valence-corrected chi connectivity index (χ2v) is 8.91. The highest BCUT2D eigenvalue weighted by Gasteiger charge is 2.46. The lowest BCUT2D eigenvalue weighted by molar-refractivity contribution is -0.0436. The number of sulfone groups is 1. The topological polar surface area (TPSA) is 59.1 Å². The van der Waals surface area contributed by atoms with Crippen LogP contribution in [0.5, 0.6) is 0 Å². The summed E-state index contributed by atoms with van der Waals surface area (Å²) in [4.78, 5) is 2.93. The van der Waals surface area contributed by atoms with Crippen LogP contribution in [0.3, 0.4) is 0 Å². The summed E-state index contributed by atoms with van der Waals surface area (Å²) in [7, 11) is -5.43. The Kier molecular flexibility index (Phi) is 4.27. The van der Waals surface area contributed by atoms with Gasteiger partial charge in [-0.15, -0.1) is 0 Å². The van der Waals surface area contributed by atoms with Gasteiger partial charge in [-0.2, -0.15) is 17.6 Å². The first-order valence-corrected chi connectivity index (χ1v) is 9.98. The number of hydrogen-bond donors (Lipinski definition) is 1. The third kappa shape index (κ3) is 3.12. The minimum atomic E-state index is -5.43. The molecular weight excluding hydrogens is 384 g/mol. The predicted octanol–water partition coefficient (Wildman–Crippen LogP) is 3.79. The van der Waals surface area contributed by atoms with Gasteiger partial charge in [-0.3, -0.25) is 0 Å². The van der Waals surface area contributed by atoms with E-state index in [1.165, 1.54) is 18.3 Å². The van der Waals surface area contributed by atoms with Crippen molar-refractivity contribution in [2.75, 3.05) is 0 Å². The van der Waals surface area contributed by atoms with E-state index in [1.807, 2.05) is 0 Å². The van der Waals surface area contributed by atoms with Gasteiger partial charge in [0.25, 0.3) is 9.84 Å². The van der Waals surface area contributed by atoms with Crippen molar-refractivity contribution in [3.8, 4) is 11.1 Å². The maximum atomic E-state index is 14.2. The molecule has 2 aromatic rings. The van der Waals surface area contributed by atoms with Gasteiger partial charge in [0.05, 0.1) is 4.90 Å². The highest BCUT2D eigenvalue weighted by molar-refractivity contribution is 7.92. The van der Waals surface area contributed by atoms with Crippen molar-refractivity contribution in [3.63, 3.8) is 0 Å². The molecule has 4 rings (SSSR count). The molecule has 2 saturated heterocycles. The molecule has 2 bridgehead atoms. The smallest absolute Gasteiger partial charge is 0.311 e. The van der Waals surface area contributed by atoms with Crippen LogP contribution >= 0.6 is 0 Å². The number of rotatable bonds is 3. The first kappa shape index (κ1) is 18.4. The Balaban J connectivity index is 1.67. The van der Waals surface area contributed by atoms with E-state index in [2.05, 4.69) is 10.3 Å². The lowest BCUT2D eigenvalue weighted by atomic mass is 9.84. The Hall–Kier alpha value is -2.00. The molecule has 1 N–H and O–H groups in total. The first-order chi connectivity index (χ1) is 12.7. The fourth-order valence-corrected chi connectivity index (χ4v) is 4.77. The predicted molar refractivity (Wildman–Crippen MR) is 90.2 cm³/mol. The number of benzene rings is 1. The zero-order valence-electron chi connectivity index (χ0n) is 14.0. The molecule has 1 aromatic carbocycles. The molecule has 4 nitrogen and oxygen atoms in total. The molecule has 3 heterocycles. The summed E-state index contributed by atoms with van der Waals surface area (Å²) >= 11 is 0. The molecule has 2 fully saturated rings. The Morgan fingerprint density at radius 3 is 2.37 bits per heavy atom. The van der Waals surface area contributed by atoms with Crippen LogP contribution in [-0.2, 0) is 9.84 Å². The number of alkyl halides is 3. The minimum absolute atomic E-state index is 0.145. The molecule has 27 heavy (non-hydrogen) atoms. The molecule has 0 spiro atoms. The SMILES string of the molecule is O=S(=O)(c1ccc(-c2cc(C3CC4CCC3N4)cnc2F)cc1)C(F)(F)F. The Bertz CT molecular complexity index is 974. The molecule has 0 saturated carbocycles. The van der Waals surface area contributed by atoms with Crippen LogP contribution in [0, 0.1) is 5.95 Å². The summed E-state index contributed by atoms with van der Waals surface area (Å²) in [6, 6.07) is 6.45. The van der Waals surface area contributed by atoms with Crippen molar-refractivity contribution in [1.29, 1.82) is 0 Å². The summed E-state index contributed by atoms with van der Waals surface area (Å²) in [6.45, 7) is 0. The standard InChI is InChI=1S/C18H16F4N2O2S/c19-17-15(7-11(9-23-17)14-8-12-3-6-16(14)24-12)10-1-4-13(5-2-10)27(25,26)18(20,21)22/h1-2,4-5,7,9,12,14,16,24H,3,6,8H2. The molecule has 3 atom stereocenters. The van der Waals surface area contributed by atoms with E-state index >= 15 is 0 Å². The second-order valence-electron chi connectivity index (χ2n) is 6.97. The summed E-state index contributed by atoms with van der Waals surface area (Å²) in [5.41, 5.74) is -4.08. The number of hydrogen-bond acceptors (Lipinski definition) is 4. The van der Waals surface area contributed by atoms with Gasteiger partial charge in [-0.1, -0.05) is 12.1 Å². The van der Waals surface area contributed by atoms with Gasteiger partial charge >= 0.3 is 5.51 Å². The molecule has 2 aliphatic heterocycles. The van der Waals surface area contributed by atoms with Crippen LogP contribution in [0.4, 0.5) is 17.6 Å². The molecule has 144 valence electrons. The molecule has 1 aromatic heterocycles. The number of aromatic nitrogens is 1. The Labute approximate surface area is 153 Å². The molecular formula is C18H16F4N2O2S. The third-order valence-corrected chi connectivity index (χ3v) is 6.87. The molecule has 0 radical (unpaired) electrons. The van der Waals surface area contributed by atoms with Gasteiger partial charge < -0.3 is 5.32 Å². The highest BCUT2D eigenvalue weighted by Crippen LogP contribution is 2.41. The Morgan fingerprint density at radius 2 is 1.81 bits per heavy atom. The van der Waals surface area contributed by atoms with Crippen LogP contribution in [0.1, 0.15) is 30.7 Å². The fourth-order valence-electron chi connectivity index (χ4n) is 4.01. The number of pyridine rings is 1. The van der Waals surface area contributed by atoms with E-state index in [0.29, 0.717) is 12.1 Å². The number of nitrogens with one attached hydrogen (secondary N) is 1. The van der Waals surface area contributed by atoms with Crippen molar-refractivity contribution in [1.82, 2.24) is 10.3 Å². The van der Waals surface area contributed by atoms with Crippen molar-refractivity contribution in [2.45, 2.75) is 47.7 Å². The monoisotopic (exact) mass is 400 g/mol. The van der Waals surface area contributed by atoms with E-state index in [0.717, 1.165) is 37.0 Å². The molecule has 9 heteroatoms. The maximum Gasteiger partial charge on any atom is 0.501 e. The lowest BCUT2D eigenvalue weighted by Gasteiger charge is -2.21. The first-order valence-electron chi connectivity index (χ1n) is 8.50. The lowest BCUT2D eigenvalue weighted by Crippen LogP contribution is -2.23. The number of fused-ring (bicyclic) bond motifs is 2. The quantitative estimate of drug-likeness (QED) is 0.629. The van der Waals surface area contributed by atoms with Gasteiger partial charge in [0.15, 0.2) is 0 Å². The van der Waals surface area contributed by atoms with E-state index in [-0.39, 0.29) is 17.0 Å². The van der Waals surface area contributed by atoms with Gasteiger partial charge in [-0.25, -0.2) is 13.4 Å². The van der Waals surface area contributed by atoms with Crippen molar-refractivity contribution in [3.05, 3.63) is 48.0 Å². The van der Waals surface area contributed by atoms with Crippen molar-refractivity contribution in [2.24, 2.45) is 0 Å². The third-order valence-electron chi connectivity index (χ3n) is 5.37. The normalized spacial score (nSPS) is 25.1. The van der Waals surface area contributed by atoms with E-state index in [4.69, 9.17) is 0 Å². The summed E-state index contributed by atoms with van der Waals surface area (Å²) < 4.78 is 75.1. The van der Waals surface area contributed by atoms with Gasteiger partial charge in [0, 0.05) is 29.8 Å². The average molecular weight is 400 g/mol. The fraction of sp³-hybridized carbons (Fsp3) is 0.389. The van der Waals surface area contributed by atoms with Crippen molar-refractivity contribution >= 4 is 9.84 Å². The van der Waals surface area contributed by atoms with E-state index < -0.39 is 26.2 Å². The highest BCUT2D eigenvalue weighted by atomic mass is 32.2. The van der Waals surface area contributed by atoms with Crippen molar-refractivity contribution < 1.29 is 26.0 Å². The maximum absolute atomic E-state index is 14.2. The van der Waals surface area contributed by atoms with Gasteiger partial charge in [0.1, 0.15) is 0 Å². The van der Waals surface area contributed by atoms with Crippen LogP contribution in [0.25, 0.3) is 11.1 Å². The molecule has 3 unspecified atom stereocenters. The van der Waals surface area contributed by atoms with Crippen LogP contribution in [0.2, 0.25) is 0 Å². The molecule has 0 amide bonds. The molecule has 2 aliphatic rings. The number of halogens is 4. The zero-order chi connectivity index (χ0) is 19.4. The van der Waals surface area contributed by atoms with E-state index in [9.17, 15) is 26.0 Å². The van der Waals surface area contributed by atoms with Crippen LogP contribution in [0.15, 0.2) is 41.4 Å². The summed E-state index contributed by atoms with van der Waals surface area (Å²) in [5.74, 6) is -0.526. The minimum Gasteiger partial charge on any atom is -0.311 e. The Morgan fingerprint density at radius 1 is 1.11 bits per heavy atom. The summed E-state index contributed by atoms with van der Waals surface area (Å²) in [6.07, 6.45) is 4.61. The number of nitrogens with zero attached hydrogens (tertiary/aromatic N) is 1. The summed E-state index contributed by atoms with van der Waals surface area (Å²) in [5, 5.41) is 3.49.